The molecule has 2 rings (SSSR count). The van der Waals surface area contributed by atoms with Gasteiger partial charge in [-0.3, -0.25) is 4.55 Å². The van der Waals surface area contributed by atoms with Crippen LogP contribution in [0.3, 0.4) is 0 Å². The summed E-state index contributed by atoms with van der Waals surface area (Å²) in [5.74, 6) is 0.141. The molecule has 0 heterocycles. The quantitative estimate of drug-likeness (QED) is 0.293. The second-order valence-corrected chi connectivity index (χ2v) is 8.77. The summed E-state index contributed by atoms with van der Waals surface area (Å²) in [4.78, 5) is -0.594. The van der Waals surface area contributed by atoms with Crippen LogP contribution in [0.2, 0.25) is 0 Å². The van der Waals surface area contributed by atoms with Gasteiger partial charge in [0, 0.05) is 0 Å². The Labute approximate surface area is 202 Å². The molecule has 2 aromatic rings. The molecule has 7 heteroatoms. The third kappa shape index (κ3) is 9.40. The average molecular weight is 443 g/mol. The first kappa shape index (κ1) is 27.0. The maximum absolute atomic E-state index is 12.1. The third-order valence-corrected chi connectivity index (χ3v) is 5.80. The zero-order chi connectivity index (χ0) is 21.1. The van der Waals surface area contributed by atoms with Gasteiger partial charge in [-0.2, -0.15) is 8.42 Å². The van der Waals surface area contributed by atoms with Crippen molar-refractivity contribution in [3.05, 3.63) is 48.0 Å². The molecule has 0 atom stereocenters. The van der Waals surface area contributed by atoms with Crippen molar-refractivity contribution in [3.63, 3.8) is 0 Å². The van der Waals surface area contributed by atoms with Crippen LogP contribution in [0.15, 0.2) is 47.4 Å². The molecule has 2 aromatic carbocycles. The molecule has 0 spiro atoms. The van der Waals surface area contributed by atoms with Crippen LogP contribution < -0.4 is 39.4 Å². The standard InChI is InChI=1S/C23H32O5S.Na/c1-2-3-4-5-6-7-8-9-11-14-19-17-23(29(25,26)27)21(24)18-22(19)28-20-15-12-10-13-16-20;/h10,12-13,15-18,24H,2-9,11,14H2,1H3,(H,25,26,27);/q;+1/p-1. The van der Waals surface area contributed by atoms with Gasteiger partial charge in [0.1, 0.15) is 11.5 Å². The van der Waals surface area contributed by atoms with Crippen molar-refractivity contribution in [2.75, 3.05) is 0 Å². The fourth-order valence-electron chi connectivity index (χ4n) is 3.32. The van der Waals surface area contributed by atoms with E-state index < -0.39 is 20.8 Å². The molecule has 1 N–H and O–H groups in total. The molecule has 0 fully saturated rings. The molecule has 0 aliphatic rings. The van der Waals surface area contributed by atoms with Gasteiger partial charge in [0.15, 0.2) is 0 Å². The van der Waals surface area contributed by atoms with Crippen LogP contribution >= 0.6 is 0 Å². The van der Waals surface area contributed by atoms with Crippen molar-refractivity contribution in [3.8, 4) is 17.2 Å². The summed E-state index contributed by atoms with van der Waals surface area (Å²) in [6.45, 7) is 2.21. The molecule has 30 heavy (non-hydrogen) atoms. The van der Waals surface area contributed by atoms with Gasteiger partial charge in [-0.25, -0.2) is 0 Å². The minimum absolute atomic E-state index is 0. The molecule has 0 saturated heterocycles. The van der Waals surface area contributed by atoms with Crippen molar-refractivity contribution >= 4 is 10.1 Å². The molecule has 0 saturated carbocycles. The number of benzene rings is 2. The summed E-state index contributed by atoms with van der Waals surface area (Å²) >= 11 is 0. The Balaban J connectivity index is 0.00000450. The normalized spacial score (nSPS) is 11.1. The van der Waals surface area contributed by atoms with E-state index >= 15 is 0 Å². The first-order chi connectivity index (χ1) is 13.9. The molecular weight excluding hydrogens is 411 g/mol. The van der Waals surface area contributed by atoms with Crippen molar-refractivity contribution in [2.24, 2.45) is 0 Å². The number of para-hydroxylation sites is 1. The molecule has 0 radical (unpaired) electrons. The van der Waals surface area contributed by atoms with E-state index in [9.17, 15) is 18.1 Å². The van der Waals surface area contributed by atoms with Crippen LogP contribution in [0.25, 0.3) is 0 Å². The van der Waals surface area contributed by atoms with E-state index in [-0.39, 0.29) is 29.6 Å². The summed E-state index contributed by atoms with van der Waals surface area (Å²) in [5.41, 5.74) is 0.615. The molecule has 0 bridgehead atoms. The first-order valence-electron chi connectivity index (χ1n) is 10.5. The van der Waals surface area contributed by atoms with Crippen LogP contribution in [0.5, 0.6) is 17.2 Å². The molecule has 0 unspecified atom stereocenters. The van der Waals surface area contributed by atoms with Crippen LogP contribution in [-0.4, -0.2) is 13.0 Å². The topological polar surface area (TPSA) is 86.7 Å². The molecular formula is C23H31NaO5S. The Morgan fingerprint density at radius 2 is 1.47 bits per heavy atom. The smallest absolute Gasteiger partial charge is 0.871 e. The van der Waals surface area contributed by atoms with Gasteiger partial charge in [0.2, 0.25) is 0 Å². The fraction of sp³-hybridized carbons (Fsp3) is 0.478. The zero-order valence-corrected chi connectivity index (χ0v) is 20.9. The molecule has 5 nitrogen and oxygen atoms in total. The Morgan fingerprint density at radius 1 is 0.900 bits per heavy atom. The Hall–Kier alpha value is -1.05. The summed E-state index contributed by atoms with van der Waals surface area (Å²) in [6, 6.07) is 11.4. The molecule has 0 amide bonds. The van der Waals surface area contributed by atoms with Gasteiger partial charge < -0.3 is 9.84 Å². The van der Waals surface area contributed by atoms with Crippen molar-refractivity contribution in [1.82, 2.24) is 0 Å². The molecule has 0 aromatic heterocycles. The summed E-state index contributed by atoms with van der Waals surface area (Å²) in [6.07, 6.45) is 11.2. The molecule has 0 aliphatic heterocycles. The predicted molar refractivity (Wildman–Crippen MR) is 113 cm³/mol. The monoisotopic (exact) mass is 442 g/mol. The molecule has 0 aliphatic carbocycles. The van der Waals surface area contributed by atoms with Gasteiger partial charge in [-0.1, -0.05) is 82.2 Å². The van der Waals surface area contributed by atoms with Gasteiger partial charge in [0.05, 0.1) is 4.90 Å². The maximum atomic E-state index is 12.1. The number of unbranched alkanes of at least 4 members (excludes halogenated alkanes) is 8. The SMILES string of the molecule is CCCCCCCCCCCc1cc(S(=O)(=O)O)c([O-])cc1Oc1ccccc1.[Na+]. The van der Waals surface area contributed by atoms with Gasteiger partial charge in [0.25, 0.3) is 10.1 Å². The van der Waals surface area contributed by atoms with Crippen molar-refractivity contribution in [1.29, 1.82) is 0 Å². The van der Waals surface area contributed by atoms with E-state index in [0.717, 1.165) is 25.3 Å². The van der Waals surface area contributed by atoms with Crippen LogP contribution in [0, 0.1) is 0 Å². The zero-order valence-electron chi connectivity index (χ0n) is 18.1. The average Bonchev–Trinajstić information content (AvgIpc) is 2.68. The number of ether oxygens (including phenoxy) is 1. The van der Waals surface area contributed by atoms with Crippen molar-refractivity contribution in [2.45, 2.75) is 76.0 Å². The molecule has 160 valence electrons. The largest absolute Gasteiger partial charge is 1.00 e. The number of hydrogen-bond acceptors (Lipinski definition) is 4. The first-order valence-corrected chi connectivity index (χ1v) is 11.9. The predicted octanol–water partition coefficient (Wildman–Crippen LogP) is 2.88. The van der Waals surface area contributed by atoms with Gasteiger partial charge in [-0.15, -0.1) is 0 Å². The fourth-order valence-corrected chi connectivity index (χ4v) is 3.92. The van der Waals surface area contributed by atoms with E-state index in [2.05, 4.69) is 6.92 Å². The van der Waals surface area contributed by atoms with E-state index in [1.807, 2.05) is 18.2 Å². The second-order valence-electron chi connectivity index (χ2n) is 7.38. The third-order valence-electron chi connectivity index (χ3n) is 4.93. The summed E-state index contributed by atoms with van der Waals surface area (Å²) in [5, 5.41) is 12.1. The summed E-state index contributed by atoms with van der Waals surface area (Å²) in [7, 11) is -4.56. The second kappa shape index (κ2) is 14.1. The van der Waals surface area contributed by atoms with E-state index in [1.165, 1.54) is 44.6 Å². The van der Waals surface area contributed by atoms with E-state index in [1.54, 1.807) is 12.1 Å². The summed E-state index contributed by atoms with van der Waals surface area (Å²) < 4.78 is 38.2. The minimum atomic E-state index is -4.56. The van der Waals surface area contributed by atoms with Crippen LogP contribution in [0.1, 0.15) is 70.3 Å². The minimum Gasteiger partial charge on any atom is -0.871 e. The van der Waals surface area contributed by atoms with Gasteiger partial charge in [-0.05, 0) is 42.7 Å². The Morgan fingerprint density at radius 3 is 2.03 bits per heavy atom. The van der Waals surface area contributed by atoms with Crippen LogP contribution in [0.4, 0.5) is 0 Å². The van der Waals surface area contributed by atoms with E-state index in [4.69, 9.17) is 4.74 Å². The van der Waals surface area contributed by atoms with Gasteiger partial charge >= 0.3 is 29.6 Å². The number of hydrogen-bond donors (Lipinski definition) is 1. The Kier molecular flexibility index (Phi) is 12.7. The maximum Gasteiger partial charge on any atom is 1.00 e. The Bertz CT molecular complexity index is 853. The van der Waals surface area contributed by atoms with Crippen LogP contribution in [-0.2, 0) is 16.5 Å². The number of rotatable bonds is 13. The van der Waals surface area contributed by atoms with E-state index in [0.29, 0.717) is 23.5 Å². The van der Waals surface area contributed by atoms with Crippen molar-refractivity contribution < 1.29 is 52.4 Å². The number of aryl methyl sites for hydroxylation is 1.